The lowest BCUT2D eigenvalue weighted by atomic mass is 10.2. The first-order valence-corrected chi connectivity index (χ1v) is 11.7. The Kier molecular flexibility index (Phi) is 8.29. The number of carbonyl (C=O) groups excluding carboxylic acids is 2. The van der Waals surface area contributed by atoms with Gasteiger partial charge in [-0.25, -0.2) is 9.37 Å². The van der Waals surface area contributed by atoms with Crippen LogP contribution in [0.1, 0.15) is 45.9 Å². The van der Waals surface area contributed by atoms with Gasteiger partial charge in [-0.1, -0.05) is 6.08 Å². The number of H-pyrrole nitrogens is 1. The number of amides is 2. The summed E-state index contributed by atoms with van der Waals surface area (Å²) in [6.45, 7) is 5.69. The largest absolute Gasteiger partial charge is 0.486 e. The Morgan fingerprint density at radius 3 is 2.72 bits per heavy atom. The minimum atomic E-state index is -0.532. The summed E-state index contributed by atoms with van der Waals surface area (Å²) in [7, 11) is 3.33. The molecule has 0 saturated heterocycles. The maximum absolute atomic E-state index is 14.1. The highest BCUT2D eigenvalue weighted by Crippen LogP contribution is 2.28. The number of anilines is 1. The summed E-state index contributed by atoms with van der Waals surface area (Å²) < 4.78 is 21.4. The fourth-order valence-electron chi connectivity index (χ4n) is 3.43. The number of hydrogen-bond donors (Lipinski definition) is 2. The molecule has 36 heavy (non-hydrogen) atoms. The van der Waals surface area contributed by atoms with Crippen molar-refractivity contribution in [3.63, 3.8) is 0 Å². The van der Waals surface area contributed by atoms with E-state index in [0.717, 1.165) is 0 Å². The van der Waals surface area contributed by atoms with Gasteiger partial charge >= 0.3 is 0 Å². The number of likely N-dealkylation sites (N-methyl/N-ethyl adjacent to an activating group) is 1. The van der Waals surface area contributed by atoms with Crippen molar-refractivity contribution in [2.24, 2.45) is 0 Å². The number of ether oxygens (including phenoxy) is 1. The number of imidazole rings is 1. The Labute approximate surface area is 209 Å². The monoisotopic (exact) mass is 497 g/mol. The van der Waals surface area contributed by atoms with E-state index in [-0.39, 0.29) is 36.0 Å². The van der Waals surface area contributed by atoms with Crippen LogP contribution in [0.2, 0.25) is 0 Å². The van der Waals surface area contributed by atoms with Crippen molar-refractivity contribution in [3.8, 4) is 5.75 Å². The van der Waals surface area contributed by atoms with Gasteiger partial charge in [0.05, 0.1) is 12.1 Å². The van der Waals surface area contributed by atoms with E-state index in [1.165, 1.54) is 33.7 Å². The number of unbranched alkanes of at least 4 members (excludes halogenated alkanes) is 1. The average Bonchev–Trinajstić information content (AvgIpc) is 3.17. The molecular formula is C26H32FN5O4. The normalized spacial score (nSPS) is 11.7. The maximum atomic E-state index is 14.1. The van der Waals surface area contributed by atoms with Crippen LogP contribution in [0.4, 0.5) is 10.1 Å². The molecule has 0 aliphatic carbocycles. The number of halogens is 1. The molecule has 2 N–H and O–H groups in total. The molecular weight excluding hydrogens is 465 g/mol. The molecule has 0 bridgehead atoms. The lowest BCUT2D eigenvalue weighted by Gasteiger charge is -2.21. The van der Waals surface area contributed by atoms with Crippen molar-refractivity contribution in [2.45, 2.75) is 52.2 Å². The summed E-state index contributed by atoms with van der Waals surface area (Å²) in [6.07, 6.45) is 6.10. The lowest BCUT2D eigenvalue weighted by molar-refractivity contribution is -0.123. The number of nitrogens with zero attached hydrogens (tertiary/aromatic N) is 3. The number of rotatable bonds is 9. The smallest absolute Gasteiger partial charge is 0.274 e. The maximum Gasteiger partial charge on any atom is 0.274 e. The number of aromatic nitrogens is 3. The number of benzene rings is 1. The first kappa shape index (κ1) is 26.7. The van der Waals surface area contributed by atoms with Crippen LogP contribution in [0.25, 0.3) is 11.0 Å². The fraction of sp³-hybridized carbons (Fsp3) is 0.385. The Morgan fingerprint density at radius 2 is 2.03 bits per heavy atom. The zero-order valence-corrected chi connectivity index (χ0v) is 21.2. The van der Waals surface area contributed by atoms with Gasteiger partial charge in [-0.2, -0.15) is 0 Å². The van der Waals surface area contributed by atoms with Crippen LogP contribution >= 0.6 is 0 Å². The minimum Gasteiger partial charge on any atom is -0.486 e. The van der Waals surface area contributed by atoms with Gasteiger partial charge in [-0.15, -0.1) is 0 Å². The Morgan fingerprint density at radius 1 is 1.28 bits per heavy atom. The van der Waals surface area contributed by atoms with Crippen LogP contribution in [0.15, 0.2) is 47.4 Å². The van der Waals surface area contributed by atoms with E-state index in [9.17, 15) is 18.8 Å². The quantitative estimate of drug-likeness (QED) is 0.345. The van der Waals surface area contributed by atoms with Crippen LogP contribution in [0, 0.1) is 5.82 Å². The number of nitrogens with one attached hydrogen (secondary N) is 2. The molecule has 1 aromatic carbocycles. The van der Waals surface area contributed by atoms with E-state index < -0.39 is 11.4 Å². The van der Waals surface area contributed by atoms with Crippen molar-refractivity contribution < 1.29 is 18.7 Å². The zero-order chi connectivity index (χ0) is 26.5. The van der Waals surface area contributed by atoms with E-state index in [1.54, 1.807) is 32.4 Å². The molecule has 2 aromatic heterocycles. The van der Waals surface area contributed by atoms with Gasteiger partial charge in [0, 0.05) is 38.8 Å². The summed E-state index contributed by atoms with van der Waals surface area (Å²) in [4.78, 5) is 45.7. The SMILES string of the molecule is CN(C)C(=O)/C=C/CCCC(=O)Nc1cccn(Cc2nc3cc(F)cc(OC(C)(C)C)c3[nH]2)c1=O. The second-order valence-electron chi connectivity index (χ2n) is 9.63. The number of aromatic amines is 1. The third-order valence-corrected chi connectivity index (χ3v) is 5.08. The second kappa shape index (κ2) is 11.2. The van der Waals surface area contributed by atoms with Crippen molar-refractivity contribution in [1.29, 1.82) is 0 Å². The standard InChI is InChI=1S/C26H32FN5O4/c1-26(2,3)36-20-15-17(27)14-19-24(20)30-21(28-19)16-32-13-9-10-18(25(32)35)29-22(33)11-7-6-8-12-23(34)31(4)5/h8-10,12-15H,6-7,11,16H2,1-5H3,(H,28,30)(H,29,33)/b12-8+. The highest BCUT2D eigenvalue weighted by Gasteiger charge is 2.18. The van der Waals surface area contributed by atoms with Crippen LogP contribution in [0.5, 0.6) is 5.75 Å². The molecule has 2 amide bonds. The first-order valence-electron chi connectivity index (χ1n) is 11.7. The molecule has 3 rings (SSSR count). The van der Waals surface area contributed by atoms with E-state index in [4.69, 9.17) is 4.74 Å². The predicted molar refractivity (Wildman–Crippen MR) is 137 cm³/mol. The summed E-state index contributed by atoms with van der Waals surface area (Å²) in [5.41, 5.74) is 0.165. The van der Waals surface area contributed by atoms with Gasteiger partial charge in [0.1, 0.15) is 34.2 Å². The van der Waals surface area contributed by atoms with Crippen molar-refractivity contribution >= 4 is 28.5 Å². The Hall–Kier alpha value is -3.95. The number of fused-ring (bicyclic) bond motifs is 1. The van der Waals surface area contributed by atoms with Gasteiger partial charge in [0.25, 0.3) is 5.56 Å². The summed E-state index contributed by atoms with van der Waals surface area (Å²) in [5.74, 6) is -0.0943. The average molecular weight is 498 g/mol. The van der Waals surface area contributed by atoms with Crippen molar-refractivity contribution in [1.82, 2.24) is 19.4 Å². The van der Waals surface area contributed by atoms with Crippen molar-refractivity contribution in [2.75, 3.05) is 19.4 Å². The van der Waals surface area contributed by atoms with Crippen LogP contribution < -0.4 is 15.6 Å². The third kappa shape index (κ3) is 7.27. The fourth-order valence-corrected chi connectivity index (χ4v) is 3.43. The molecule has 0 aliphatic rings. The molecule has 10 heteroatoms. The number of hydrogen-bond acceptors (Lipinski definition) is 5. The first-order chi connectivity index (χ1) is 16.9. The molecule has 9 nitrogen and oxygen atoms in total. The van der Waals surface area contributed by atoms with E-state index in [0.29, 0.717) is 35.4 Å². The summed E-state index contributed by atoms with van der Waals surface area (Å²) in [6, 6.07) is 5.79. The molecule has 0 atom stereocenters. The molecule has 0 unspecified atom stereocenters. The minimum absolute atomic E-state index is 0.0957. The number of carbonyl (C=O) groups is 2. The van der Waals surface area contributed by atoms with Gasteiger partial charge in [0.2, 0.25) is 11.8 Å². The molecule has 192 valence electrons. The Balaban J connectivity index is 1.68. The number of allylic oxidation sites excluding steroid dienone is 1. The van der Waals surface area contributed by atoms with Crippen molar-refractivity contribution in [3.05, 3.63) is 64.6 Å². The molecule has 3 aromatic rings. The zero-order valence-electron chi connectivity index (χ0n) is 21.2. The van der Waals surface area contributed by atoms with Gasteiger partial charge < -0.3 is 24.5 Å². The van der Waals surface area contributed by atoms with E-state index in [2.05, 4.69) is 15.3 Å². The molecule has 0 fully saturated rings. The topological polar surface area (TPSA) is 109 Å². The van der Waals surface area contributed by atoms with E-state index in [1.807, 2.05) is 20.8 Å². The van der Waals surface area contributed by atoms with Crippen LogP contribution in [-0.4, -0.2) is 50.9 Å². The van der Waals surface area contributed by atoms with Gasteiger partial charge in [-0.3, -0.25) is 14.4 Å². The molecule has 0 radical (unpaired) electrons. The van der Waals surface area contributed by atoms with Crippen LogP contribution in [-0.2, 0) is 16.1 Å². The van der Waals surface area contributed by atoms with E-state index >= 15 is 0 Å². The highest BCUT2D eigenvalue weighted by atomic mass is 19.1. The summed E-state index contributed by atoms with van der Waals surface area (Å²) in [5, 5.41) is 2.65. The number of pyridine rings is 1. The highest BCUT2D eigenvalue weighted by molar-refractivity contribution is 5.90. The Bertz CT molecular complexity index is 1330. The second-order valence-corrected chi connectivity index (χ2v) is 9.63. The third-order valence-electron chi connectivity index (χ3n) is 5.08. The lowest BCUT2D eigenvalue weighted by Crippen LogP contribution is -2.26. The van der Waals surface area contributed by atoms with Crippen LogP contribution in [0.3, 0.4) is 0 Å². The van der Waals surface area contributed by atoms with Gasteiger partial charge in [-0.05, 0) is 51.8 Å². The van der Waals surface area contributed by atoms with Gasteiger partial charge in [0.15, 0.2) is 0 Å². The molecule has 0 saturated carbocycles. The predicted octanol–water partition coefficient (Wildman–Crippen LogP) is 3.84. The molecule has 2 heterocycles. The summed E-state index contributed by atoms with van der Waals surface area (Å²) >= 11 is 0. The molecule has 0 spiro atoms. The molecule has 0 aliphatic heterocycles.